The van der Waals surface area contributed by atoms with Gasteiger partial charge in [0, 0.05) is 22.6 Å². The third-order valence-electron chi connectivity index (χ3n) is 3.23. The molecule has 18 heavy (non-hydrogen) atoms. The minimum atomic E-state index is -0.365. The van der Waals surface area contributed by atoms with Gasteiger partial charge in [-0.05, 0) is 37.8 Å². The number of nitrogens with two attached hydrogens (primary N) is 1. The van der Waals surface area contributed by atoms with Gasteiger partial charge in [0.25, 0.3) is 5.69 Å². The minimum Gasteiger partial charge on any atom is -0.377 e. The van der Waals surface area contributed by atoms with E-state index in [0.29, 0.717) is 10.2 Å². The molecule has 1 saturated carbocycles. The van der Waals surface area contributed by atoms with Gasteiger partial charge < -0.3 is 11.1 Å². The number of nitrogens with one attached hydrogen (secondary N) is 1. The third kappa shape index (κ3) is 3.20. The Morgan fingerprint density at radius 2 is 2.22 bits per heavy atom. The molecule has 1 aliphatic rings. The second-order valence-electron chi connectivity index (χ2n) is 4.69. The van der Waals surface area contributed by atoms with Gasteiger partial charge in [-0.2, -0.15) is 0 Å². The first-order valence-corrected chi connectivity index (χ1v) is 6.81. The Morgan fingerprint density at radius 3 is 2.89 bits per heavy atom. The highest BCUT2D eigenvalue weighted by Gasteiger charge is 2.22. The number of hydrogen-bond acceptors (Lipinski definition) is 4. The van der Waals surface area contributed by atoms with E-state index < -0.39 is 0 Å². The van der Waals surface area contributed by atoms with E-state index in [1.165, 1.54) is 6.07 Å². The average molecular weight is 314 g/mol. The fourth-order valence-electron chi connectivity index (χ4n) is 2.36. The summed E-state index contributed by atoms with van der Waals surface area (Å²) in [7, 11) is 0. The van der Waals surface area contributed by atoms with Gasteiger partial charge in [0.1, 0.15) is 5.69 Å². The normalized spacial score (nSPS) is 23.7. The van der Waals surface area contributed by atoms with Crippen molar-refractivity contribution in [3.8, 4) is 0 Å². The molecule has 1 fully saturated rings. The highest BCUT2D eigenvalue weighted by atomic mass is 79.9. The zero-order valence-corrected chi connectivity index (χ0v) is 11.5. The van der Waals surface area contributed by atoms with Gasteiger partial charge in [-0.3, -0.25) is 10.1 Å². The molecule has 3 N–H and O–H groups in total. The third-order valence-corrected chi connectivity index (χ3v) is 3.72. The average Bonchev–Trinajstić information content (AvgIpc) is 2.31. The van der Waals surface area contributed by atoms with Gasteiger partial charge in [0.15, 0.2) is 0 Å². The van der Waals surface area contributed by atoms with Crippen LogP contribution < -0.4 is 11.1 Å². The van der Waals surface area contributed by atoms with Crippen molar-refractivity contribution in [2.45, 2.75) is 37.8 Å². The molecule has 1 aromatic carbocycles. The number of nitrogens with zero attached hydrogens (tertiary/aromatic N) is 1. The van der Waals surface area contributed by atoms with Crippen molar-refractivity contribution < 1.29 is 4.92 Å². The van der Waals surface area contributed by atoms with Crippen LogP contribution in [-0.2, 0) is 0 Å². The molecule has 5 nitrogen and oxygen atoms in total. The molecule has 0 amide bonds. The van der Waals surface area contributed by atoms with E-state index in [2.05, 4.69) is 21.2 Å². The van der Waals surface area contributed by atoms with Gasteiger partial charge in [0.05, 0.1) is 4.92 Å². The first-order valence-electron chi connectivity index (χ1n) is 6.02. The second kappa shape index (κ2) is 5.67. The van der Waals surface area contributed by atoms with Crippen LogP contribution in [0.25, 0.3) is 0 Å². The van der Waals surface area contributed by atoms with Crippen LogP contribution in [0.2, 0.25) is 0 Å². The summed E-state index contributed by atoms with van der Waals surface area (Å²) in [6.45, 7) is 0. The Morgan fingerprint density at radius 1 is 1.44 bits per heavy atom. The molecule has 1 aliphatic carbocycles. The molecule has 2 rings (SSSR count). The summed E-state index contributed by atoms with van der Waals surface area (Å²) in [6, 6.07) is 5.49. The summed E-state index contributed by atoms with van der Waals surface area (Å²) in [5.74, 6) is 0. The van der Waals surface area contributed by atoms with Crippen LogP contribution in [0.15, 0.2) is 22.7 Å². The van der Waals surface area contributed by atoms with Gasteiger partial charge in [-0.1, -0.05) is 15.9 Å². The molecule has 98 valence electrons. The molecular formula is C12H16BrN3O2. The van der Waals surface area contributed by atoms with Crippen LogP contribution in [0.5, 0.6) is 0 Å². The van der Waals surface area contributed by atoms with Crippen LogP contribution in [0.1, 0.15) is 25.7 Å². The van der Waals surface area contributed by atoms with E-state index in [4.69, 9.17) is 5.73 Å². The molecule has 2 unspecified atom stereocenters. The van der Waals surface area contributed by atoms with Crippen LogP contribution in [0.4, 0.5) is 11.4 Å². The van der Waals surface area contributed by atoms with Crippen LogP contribution in [0, 0.1) is 10.1 Å². The lowest BCUT2D eigenvalue weighted by molar-refractivity contribution is -0.384. The van der Waals surface area contributed by atoms with Crippen molar-refractivity contribution in [2.24, 2.45) is 5.73 Å². The van der Waals surface area contributed by atoms with Crippen molar-refractivity contribution >= 4 is 27.3 Å². The molecule has 6 heteroatoms. The molecule has 0 radical (unpaired) electrons. The lowest BCUT2D eigenvalue weighted by Crippen LogP contribution is -2.35. The maximum absolute atomic E-state index is 11.0. The van der Waals surface area contributed by atoms with Crippen LogP contribution in [-0.4, -0.2) is 17.0 Å². The Bertz CT molecular complexity index is 453. The highest BCUT2D eigenvalue weighted by Crippen LogP contribution is 2.30. The maximum atomic E-state index is 11.0. The van der Waals surface area contributed by atoms with E-state index in [0.717, 1.165) is 25.7 Å². The van der Waals surface area contributed by atoms with E-state index in [-0.39, 0.29) is 22.7 Å². The predicted molar refractivity (Wildman–Crippen MR) is 74.7 cm³/mol. The Kier molecular flexibility index (Phi) is 4.19. The molecule has 0 bridgehead atoms. The Labute approximate surface area is 114 Å². The Balaban J connectivity index is 2.15. The molecule has 0 aromatic heterocycles. The van der Waals surface area contributed by atoms with Crippen LogP contribution >= 0.6 is 15.9 Å². The lowest BCUT2D eigenvalue weighted by Gasteiger charge is -2.28. The SMILES string of the molecule is NC1CCCC(Nc2ccc(Br)cc2[N+](=O)[O-])C1. The van der Waals surface area contributed by atoms with Crippen molar-refractivity contribution in [2.75, 3.05) is 5.32 Å². The van der Waals surface area contributed by atoms with Gasteiger partial charge in [0.2, 0.25) is 0 Å². The van der Waals surface area contributed by atoms with Crippen molar-refractivity contribution in [1.82, 2.24) is 0 Å². The van der Waals surface area contributed by atoms with E-state index in [9.17, 15) is 10.1 Å². The number of rotatable bonds is 3. The zero-order chi connectivity index (χ0) is 13.1. The topological polar surface area (TPSA) is 81.2 Å². The molecule has 2 atom stereocenters. The van der Waals surface area contributed by atoms with E-state index in [1.807, 2.05) is 0 Å². The van der Waals surface area contributed by atoms with Crippen molar-refractivity contribution in [1.29, 1.82) is 0 Å². The minimum absolute atomic E-state index is 0.100. The number of hydrogen-bond donors (Lipinski definition) is 2. The fourth-order valence-corrected chi connectivity index (χ4v) is 2.71. The summed E-state index contributed by atoms with van der Waals surface area (Å²) in [6.07, 6.45) is 4.00. The fraction of sp³-hybridized carbons (Fsp3) is 0.500. The van der Waals surface area contributed by atoms with Crippen molar-refractivity contribution in [3.63, 3.8) is 0 Å². The maximum Gasteiger partial charge on any atom is 0.293 e. The predicted octanol–water partition coefficient (Wildman–Crippen LogP) is 3.04. The van der Waals surface area contributed by atoms with Gasteiger partial charge in [-0.25, -0.2) is 0 Å². The summed E-state index contributed by atoms with van der Waals surface area (Å²) in [5.41, 5.74) is 6.59. The quantitative estimate of drug-likeness (QED) is 0.664. The molecular weight excluding hydrogens is 298 g/mol. The van der Waals surface area contributed by atoms with Gasteiger partial charge >= 0.3 is 0 Å². The number of nitro benzene ring substituents is 1. The van der Waals surface area contributed by atoms with Crippen LogP contribution in [0.3, 0.4) is 0 Å². The molecule has 0 saturated heterocycles. The Hall–Kier alpha value is -1.14. The summed E-state index contributed by atoms with van der Waals surface area (Å²) in [4.78, 5) is 10.6. The molecule has 1 aromatic rings. The zero-order valence-electron chi connectivity index (χ0n) is 9.93. The monoisotopic (exact) mass is 313 g/mol. The molecule has 0 heterocycles. The first-order chi connectivity index (χ1) is 8.56. The smallest absolute Gasteiger partial charge is 0.293 e. The highest BCUT2D eigenvalue weighted by molar-refractivity contribution is 9.10. The summed E-state index contributed by atoms with van der Waals surface area (Å²) >= 11 is 3.25. The number of halogens is 1. The summed E-state index contributed by atoms with van der Waals surface area (Å²) < 4.78 is 0.708. The molecule has 0 aliphatic heterocycles. The van der Waals surface area contributed by atoms with E-state index in [1.54, 1.807) is 12.1 Å². The standard InChI is InChI=1S/C12H16BrN3O2/c13-8-4-5-11(12(6-8)16(17)18)15-10-3-1-2-9(14)7-10/h4-6,9-10,15H,1-3,7,14H2. The van der Waals surface area contributed by atoms with Gasteiger partial charge in [-0.15, -0.1) is 0 Å². The lowest BCUT2D eigenvalue weighted by atomic mass is 9.91. The molecule has 0 spiro atoms. The largest absolute Gasteiger partial charge is 0.377 e. The number of anilines is 1. The first kappa shape index (κ1) is 13.3. The number of nitro groups is 1. The van der Waals surface area contributed by atoms with E-state index >= 15 is 0 Å². The summed E-state index contributed by atoms with van der Waals surface area (Å²) in [5, 5.41) is 14.2. The second-order valence-corrected chi connectivity index (χ2v) is 5.60. The number of benzene rings is 1. The van der Waals surface area contributed by atoms with Crippen molar-refractivity contribution in [3.05, 3.63) is 32.8 Å².